The van der Waals surface area contributed by atoms with Crippen LogP contribution in [0.2, 0.25) is 0 Å². The third-order valence-electron chi connectivity index (χ3n) is 6.00. The highest BCUT2D eigenvalue weighted by atomic mass is 16.4. The first-order valence-corrected chi connectivity index (χ1v) is 11.5. The quantitative estimate of drug-likeness (QED) is 0.484. The maximum Gasteiger partial charge on any atom is 0.305 e. The molecule has 3 atom stereocenters. The van der Waals surface area contributed by atoms with E-state index in [0.29, 0.717) is 31.1 Å². The number of carboxylic acid groups (broad SMARTS) is 1. The summed E-state index contributed by atoms with van der Waals surface area (Å²) in [5.41, 5.74) is -0.487. The Balaban J connectivity index is 1.81. The molecule has 3 rings (SSSR count). The number of fused-ring (bicyclic) bond motifs is 1. The van der Waals surface area contributed by atoms with Crippen molar-refractivity contribution in [1.82, 2.24) is 20.5 Å². The van der Waals surface area contributed by atoms with Gasteiger partial charge in [0.1, 0.15) is 24.1 Å². The van der Waals surface area contributed by atoms with Crippen LogP contribution in [-0.4, -0.2) is 69.6 Å². The summed E-state index contributed by atoms with van der Waals surface area (Å²) >= 11 is 0. The van der Waals surface area contributed by atoms with Gasteiger partial charge in [-0.2, -0.15) is 0 Å². The Morgan fingerprint density at radius 1 is 1.17 bits per heavy atom. The zero-order valence-corrected chi connectivity index (χ0v) is 20.0. The molecule has 2 aromatic rings. The molecular formula is C25H30N4O6. The van der Waals surface area contributed by atoms with Crippen LogP contribution in [0.1, 0.15) is 50.5 Å². The first-order valence-electron chi connectivity index (χ1n) is 11.5. The number of carbonyl (C=O) groups is 5. The van der Waals surface area contributed by atoms with Crippen molar-refractivity contribution in [3.05, 3.63) is 42.2 Å². The van der Waals surface area contributed by atoms with Crippen LogP contribution >= 0.6 is 0 Å². The van der Waals surface area contributed by atoms with Gasteiger partial charge in [0.15, 0.2) is 0 Å². The van der Waals surface area contributed by atoms with Gasteiger partial charge in [-0.1, -0.05) is 45.0 Å². The Morgan fingerprint density at radius 2 is 1.89 bits per heavy atom. The number of aliphatic carboxylic acids is 1. The summed E-state index contributed by atoms with van der Waals surface area (Å²) < 4.78 is 0. The smallest absolute Gasteiger partial charge is 0.305 e. The average Bonchev–Trinajstić information content (AvgIpc) is 3.30. The van der Waals surface area contributed by atoms with Gasteiger partial charge in [-0.3, -0.25) is 24.2 Å². The number of aldehydes is 1. The van der Waals surface area contributed by atoms with Crippen LogP contribution in [-0.2, 0) is 19.2 Å². The van der Waals surface area contributed by atoms with Crippen molar-refractivity contribution in [3.63, 3.8) is 0 Å². The van der Waals surface area contributed by atoms with E-state index in [9.17, 15) is 24.0 Å². The highest BCUT2D eigenvalue weighted by Gasteiger charge is 2.42. The van der Waals surface area contributed by atoms with Gasteiger partial charge in [-0.05, 0) is 29.7 Å². The normalized spacial score (nSPS) is 17.5. The molecule has 0 bridgehead atoms. The number of pyridine rings is 1. The molecule has 0 saturated carbocycles. The van der Waals surface area contributed by atoms with Crippen LogP contribution in [0.15, 0.2) is 36.5 Å². The second-order valence-electron chi connectivity index (χ2n) is 9.69. The van der Waals surface area contributed by atoms with Crippen molar-refractivity contribution in [1.29, 1.82) is 0 Å². The molecule has 3 N–H and O–H groups in total. The van der Waals surface area contributed by atoms with Gasteiger partial charge in [-0.15, -0.1) is 0 Å². The number of hydrogen-bond acceptors (Lipinski definition) is 6. The number of nitrogens with zero attached hydrogens (tertiary/aromatic N) is 2. The lowest BCUT2D eigenvalue weighted by atomic mass is 9.85. The molecule has 0 spiro atoms. The molecule has 1 fully saturated rings. The van der Waals surface area contributed by atoms with Crippen molar-refractivity contribution in [3.8, 4) is 0 Å². The Labute approximate surface area is 203 Å². The van der Waals surface area contributed by atoms with Gasteiger partial charge >= 0.3 is 5.97 Å². The number of rotatable bonds is 8. The van der Waals surface area contributed by atoms with Gasteiger partial charge in [0.25, 0.3) is 5.91 Å². The van der Waals surface area contributed by atoms with Crippen molar-refractivity contribution in [2.75, 3.05) is 6.54 Å². The van der Waals surface area contributed by atoms with E-state index in [1.807, 2.05) is 32.9 Å². The van der Waals surface area contributed by atoms with E-state index in [2.05, 4.69) is 15.6 Å². The minimum absolute atomic E-state index is 0.198. The fourth-order valence-electron chi connectivity index (χ4n) is 4.22. The van der Waals surface area contributed by atoms with Gasteiger partial charge in [-0.25, -0.2) is 0 Å². The maximum atomic E-state index is 13.6. The summed E-state index contributed by atoms with van der Waals surface area (Å²) in [5, 5.41) is 15.6. The van der Waals surface area contributed by atoms with E-state index in [-0.39, 0.29) is 5.69 Å². The van der Waals surface area contributed by atoms with Crippen molar-refractivity contribution >= 4 is 40.7 Å². The average molecular weight is 483 g/mol. The van der Waals surface area contributed by atoms with Crippen LogP contribution in [0.5, 0.6) is 0 Å². The van der Waals surface area contributed by atoms with E-state index < -0.39 is 53.7 Å². The largest absolute Gasteiger partial charge is 0.481 e. The fraction of sp³-hybridized carbons (Fsp3) is 0.440. The number of amides is 3. The Kier molecular flexibility index (Phi) is 7.83. The molecule has 10 heteroatoms. The molecule has 1 aromatic carbocycles. The second kappa shape index (κ2) is 10.6. The standard InChI is InChI=1S/C25H30N4O6/c1-25(2,3)21(28-23(34)20-17-8-5-4-7-15(17)10-11-26-20)24(35)29-12-6-9-18(29)22(33)27-16(14-30)13-19(31)32/h4-5,7-8,10-11,14,16,18,21H,6,9,12-13H2,1-3H3,(H,27,33)(H,28,34)(H,31,32)/t16-,18?,21?/m0/s1. The summed E-state index contributed by atoms with van der Waals surface area (Å²) in [5.74, 6) is -2.74. The Bertz CT molecular complexity index is 1140. The van der Waals surface area contributed by atoms with Crippen LogP contribution in [0, 0.1) is 5.41 Å². The Hall–Kier alpha value is -3.82. The topological polar surface area (TPSA) is 146 Å². The van der Waals surface area contributed by atoms with E-state index in [1.165, 1.54) is 11.1 Å². The number of likely N-dealkylation sites (tertiary alicyclic amines) is 1. The molecule has 0 radical (unpaired) electrons. The third kappa shape index (κ3) is 6.00. The lowest BCUT2D eigenvalue weighted by Gasteiger charge is -2.35. The van der Waals surface area contributed by atoms with Gasteiger partial charge in [0.2, 0.25) is 11.8 Å². The number of hydrogen-bond donors (Lipinski definition) is 3. The second-order valence-corrected chi connectivity index (χ2v) is 9.69. The number of aromatic nitrogens is 1. The highest BCUT2D eigenvalue weighted by molar-refractivity contribution is 6.06. The molecule has 1 aliphatic rings. The van der Waals surface area contributed by atoms with E-state index >= 15 is 0 Å². The monoisotopic (exact) mass is 482 g/mol. The van der Waals surface area contributed by atoms with E-state index in [0.717, 1.165) is 5.39 Å². The number of benzene rings is 1. The molecule has 0 aliphatic carbocycles. The number of carbonyl (C=O) groups excluding carboxylic acids is 4. The molecule has 10 nitrogen and oxygen atoms in total. The minimum atomic E-state index is -1.22. The molecule has 2 unspecified atom stereocenters. The number of carboxylic acids is 1. The van der Waals surface area contributed by atoms with Crippen LogP contribution in [0.25, 0.3) is 10.8 Å². The number of nitrogens with one attached hydrogen (secondary N) is 2. The lowest BCUT2D eigenvalue weighted by Crippen LogP contribution is -2.58. The fourth-order valence-corrected chi connectivity index (χ4v) is 4.22. The molecular weight excluding hydrogens is 452 g/mol. The summed E-state index contributed by atoms with van der Waals surface area (Å²) in [7, 11) is 0. The van der Waals surface area contributed by atoms with Crippen molar-refractivity contribution in [2.45, 2.75) is 58.2 Å². The summed E-state index contributed by atoms with van der Waals surface area (Å²) in [6.45, 7) is 5.74. The molecule has 35 heavy (non-hydrogen) atoms. The van der Waals surface area contributed by atoms with Crippen LogP contribution in [0.4, 0.5) is 0 Å². The van der Waals surface area contributed by atoms with E-state index in [4.69, 9.17) is 5.11 Å². The van der Waals surface area contributed by atoms with Crippen molar-refractivity contribution < 1.29 is 29.1 Å². The SMILES string of the molecule is CC(C)(C)C(NC(=O)c1nccc2ccccc12)C(=O)N1CCCC1C(=O)N[C@H](C=O)CC(=O)O. The lowest BCUT2D eigenvalue weighted by molar-refractivity contribution is -0.143. The summed E-state index contributed by atoms with van der Waals surface area (Å²) in [6.07, 6.45) is 2.28. The van der Waals surface area contributed by atoms with Crippen molar-refractivity contribution in [2.24, 2.45) is 5.41 Å². The highest BCUT2D eigenvalue weighted by Crippen LogP contribution is 2.27. The van der Waals surface area contributed by atoms with E-state index in [1.54, 1.807) is 18.2 Å². The molecule has 1 aliphatic heterocycles. The predicted molar refractivity (Wildman–Crippen MR) is 127 cm³/mol. The maximum absolute atomic E-state index is 13.6. The van der Waals surface area contributed by atoms with Gasteiger partial charge in [0.05, 0.1) is 12.5 Å². The molecule has 2 heterocycles. The molecule has 1 aromatic heterocycles. The summed E-state index contributed by atoms with van der Waals surface area (Å²) in [4.78, 5) is 67.4. The summed E-state index contributed by atoms with van der Waals surface area (Å²) in [6, 6.07) is 6.10. The molecule has 3 amide bonds. The van der Waals surface area contributed by atoms with Crippen LogP contribution < -0.4 is 10.6 Å². The molecule has 186 valence electrons. The zero-order chi connectivity index (χ0) is 25.8. The zero-order valence-electron chi connectivity index (χ0n) is 20.0. The van der Waals surface area contributed by atoms with Gasteiger partial charge < -0.3 is 25.4 Å². The van der Waals surface area contributed by atoms with Crippen LogP contribution in [0.3, 0.4) is 0 Å². The predicted octanol–water partition coefficient (Wildman–Crippen LogP) is 1.53. The first kappa shape index (κ1) is 25.8. The third-order valence-corrected chi connectivity index (χ3v) is 6.00. The Morgan fingerprint density at radius 3 is 2.54 bits per heavy atom. The first-order chi connectivity index (χ1) is 16.5. The minimum Gasteiger partial charge on any atom is -0.481 e. The van der Waals surface area contributed by atoms with Gasteiger partial charge in [0, 0.05) is 18.1 Å². The molecule has 1 saturated heterocycles.